The molecule has 1 heterocycles. The molecule has 3 rings (SSSR count). The SMILES string of the molecule is Cc1ccc(Cn2cc(NC(=O)c3cc(C)ccc3C)cn2)cc1. The molecule has 0 aliphatic heterocycles. The van der Waals surface area contributed by atoms with Gasteiger partial charge in [0, 0.05) is 11.8 Å². The van der Waals surface area contributed by atoms with Crippen molar-refractivity contribution in [3.8, 4) is 0 Å². The normalized spacial score (nSPS) is 10.6. The highest BCUT2D eigenvalue weighted by Gasteiger charge is 2.10. The summed E-state index contributed by atoms with van der Waals surface area (Å²) in [6.07, 6.45) is 3.53. The molecule has 4 nitrogen and oxygen atoms in total. The Hall–Kier alpha value is -2.88. The van der Waals surface area contributed by atoms with Gasteiger partial charge in [0.05, 0.1) is 18.4 Å². The Morgan fingerprint density at radius 2 is 1.75 bits per heavy atom. The summed E-state index contributed by atoms with van der Waals surface area (Å²) in [5.74, 6) is -0.105. The van der Waals surface area contributed by atoms with E-state index in [1.54, 1.807) is 6.20 Å². The lowest BCUT2D eigenvalue weighted by Gasteiger charge is -2.07. The average Bonchev–Trinajstić information content (AvgIpc) is 2.99. The molecule has 1 amide bonds. The van der Waals surface area contributed by atoms with E-state index in [9.17, 15) is 4.79 Å². The fourth-order valence-electron chi connectivity index (χ4n) is 2.57. The Labute approximate surface area is 142 Å². The number of carbonyl (C=O) groups excluding carboxylic acids is 1. The Bertz CT molecular complexity index is 863. The zero-order valence-corrected chi connectivity index (χ0v) is 14.2. The molecule has 0 saturated carbocycles. The van der Waals surface area contributed by atoms with Gasteiger partial charge in [-0.25, -0.2) is 0 Å². The predicted molar refractivity (Wildman–Crippen MR) is 96.4 cm³/mol. The second-order valence-corrected chi connectivity index (χ2v) is 6.18. The number of hydrogen-bond acceptors (Lipinski definition) is 2. The van der Waals surface area contributed by atoms with Gasteiger partial charge in [-0.3, -0.25) is 9.48 Å². The number of nitrogens with one attached hydrogen (secondary N) is 1. The summed E-state index contributed by atoms with van der Waals surface area (Å²) >= 11 is 0. The molecule has 3 aromatic rings. The Morgan fingerprint density at radius 1 is 1.04 bits per heavy atom. The molecular formula is C20H21N3O. The molecule has 0 aliphatic carbocycles. The summed E-state index contributed by atoms with van der Waals surface area (Å²) < 4.78 is 1.82. The standard InChI is InChI=1S/C20H21N3O/c1-14-5-8-17(9-6-14)12-23-13-18(11-21-23)22-20(24)19-10-15(2)4-7-16(19)3/h4-11,13H,12H2,1-3H3,(H,22,24). The lowest BCUT2D eigenvalue weighted by Crippen LogP contribution is -2.13. The topological polar surface area (TPSA) is 46.9 Å². The number of hydrogen-bond donors (Lipinski definition) is 1. The summed E-state index contributed by atoms with van der Waals surface area (Å²) in [5, 5.41) is 7.24. The van der Waals surface area contributed by atoms with E-state index in [4.69, 9.17) is 0 Å². The van der Waals surface area contributed by atoms with E-state index in [2.05, 4.69) is 41.6 Å². The number of anilines is 1. The van der Waals surface area contributed by atoms with Crippen LogP contribution in [0.5, 0.6) is 0 Å². The summed E-state index contributed by atoms with van der Waals surface area (Å²) in [4.78, 5) is 12.4. The fraction of sp³-hybridized carbons (Fsp3) is 0.200. The first-order valence-corrected chi connectivity index (χ1v) is 7.98. The summed E-state index contributed by atoms with van der Waals surface area (Å²) in [7, 11) is 0. The van der Waals surface area contributed by atoms with Crippen LogP contribution in [-0.4, -0.2) is 15.7 Å². The van der Waals surface area contributed by atoms with Crippen molar-refractivity contribution in [2.75, 3.05) is 5.32 Å². The molecule has 0 spiro atoms. The van der Waals surface area contributed by atoms with Gasteiger partial charge in [-0.05, 0) is 38.0 Å². The van der Waals surface area contributed by atoms with Gasteiger partial charge < -0.3 is 5.32 Å². The largest absolute Gasteiger partial charge is 0.319 e. The molecular weight excluding hydrogens is 298 g/mol. The number of nitrogens with zero attached hydrogens (tertiary/aromatic N) is 2. The first-order chi connectivity index (χ1) is 11.5. The van der Waals surface area contributed by atoms with Crippen LogP contribution in [-0.2, 0) is 6.54 Å². The molecule has 122 valence electrons. The highest BCUT2D eigenvalue weighted by molar-refractivity contribution is 6.05. The lowest BCUT2D eigenvalue weighted by atomic mass is 10.1. The maximum atomic E-state index is 12.4. The molecule has 4 heteroatoms. The molecule has 0 saturated heterocycles. The van der Waals surface area contributed by atoms with Crippen LogP contribution < -0.4 is 5.32 Å². The number of aryl methyl sites for hydroxylation is 3. The number of aromatic nitrogens is 2. The molecule has 0 fully saturated rings. The Balaban J connectivity index is 1.70. The maximum Gasteiger partial charge on any atom is 0.256 e. The number of carbonyl (C=O) groups is 1. The first kappa shape index (κ1) is 16.0. The number of benzene rings is 2. The van der Waals surface area contributed by atoms with Gasteiger partial charge in [0.1, 0.15) is 0 Å². The third kappa shape index (κ3) is 3.71. The van der Waals surface area contributed by atoms with Crippen LogP contribution in [0, 0.1) is 20.8 Å². The first-order valence-electron chi connectivity index (χ1n) is 7.98. The van der Waals surface area contributed by atoms with Crippen molar-refractivity contribution >= 4 is 11.6 Å². The van der Waals surface area contributed by atoms with E-state index >= 15 is 0 Å². The van der Waals surface area contributed by atoms with E-state index in [0.29, 0.717) is 17.8 Å². The van der Waals surface area contributed by atoms with Gasteiger partial charge in [0.25, 0.3) is 5.91 Å². The quantitative estimate of drug-likeness (QED) is 0.786. The molecule has 1 aromatic heterocycles. The number of rotatable bonds is 4. The molecule has 1 N–H and O–H groups in total. The molecule has 0 aliphatic rings. The molecule has 0 bridgehead atoms. The number of amides is 1. The van der Waals surface area contributed by atoms with Crippen LogP contribution in [0.25, 0.3) is 0 Å². The fourth-order valence-corrected chi connectivity index (χ4v) is 2.57. The molecule has 0 atom stereocenters. The van der Waals surface area contributed by atoms with Crippen molar-refractivity contribution in [3.63, 3.8) is 0 Å². The van der Waals surface area contributed by atoms with Crippen LogP contribution >= 0.6 is 0 Å². The highest BCUT2D eigenvalue weighted by Crippen LogP contribution is 2.14. The molecule has 0 radical (unpaired) electrons. The van der Waals surface area contributed by atoms with Crippen molar-refractivity contribution in [3.05, 3.63) is 82.7 Å². The third-order valence-corrected chi connectivity index (χ3v) is 3.99. The van der Waals surface area contributed by atoms with Gasteiger partial charge in [-0.1, -0.05) is 47.5 Å². The van der Waals surface area contributed by atoms with Crippen molar-refractivity contribution in [2.24, 2.45) is 0 Å². The third-order valence-electron chi connectivity index (χ3n) is 3.99. The molecule has 24 heavy (non-hydrogen) atoms. The van der Waals surface area contributed by atoms with Gasteiger partial charge in [0.2, 0.25) is 0 Å². The summed E-state index contributed by atoms with van der Waals surface area (Å²) in [5.41, 5.74) is 5.84. The van der Waals surface area contributed by atoms with Crippen LogP contribution in [0.15, 0.2) is 54.9 Å². The van der Waals surface area contributed by atoms with E-state index < -0.39 is 0 Å². The minimum Gasteiger partial charge on any atom is -0.319 e. The average molecular weight is 319 g/mol. The van der Waals surface area contributed by atoms with Crippen molar-refractivity contribution in [1.29, 1.82) is 0 Å². The smallest absolute Gasteiger partial charge is 0.256 e. The zero-order valence-electron chi connectivity index (χ0n) is 14.2. The van der Waals surface area contributed by atoms with Crippen LogP contribution in [0.3, 0.4) is 0 Å². The summed E-state index contributed by atoms with van der Waals surface area (Å²) in [6, 6.07) is 14.2. The monoisotopic (exact) mass is 319 g/mol. The van der Waals surface area contributed by atoms with E-state index in [1.165, 1.54) is 11.1 Å². The second kappa shape index (κ2) is 6.71. The molecule has 0 unspecified atom stereocenters. The summed E-state index contributed by atoms with van der Waals surface area (Å²) in [6.45, 7) is 6.67. The Morgan fingerprint density at radius 3 is 2.50 bits per heavy atom. The minimum atomic E-state index is -0.105. The zero-order chi connectivity index (χ0) is 17.1. The highest BCUT2D eigenvalue weighted by atomic mass is 16.1. The predicted octanol–water partition coefficient (Wildman–Crippen LogP) is 4.11. The van der Waals surface area contributed by atoms with Gasteiger partial charge in [-0.2, -0.15) is 5.10 Å². The van der Waals surface area contributed by atoms with Crippen molar-refractivity contribution in [2.45, 2.75) is 27.3 Å². The lowest BCUT2D eigenvalue weighted by molar-refractivity contribution is 0.102. The molecule has 2 aromatic carbocycles. The van der Waals surface area contributed by atoms with E-state index in [-0.39, 0.29) is 5.91 Å². The van der Waals surface area contributed by atoms with Crippen molar-refractivity contribution < 1.29 is 4.79 Å². The maximum absolute atomic E-state index is 12.4. The van der Waals surface area contributed by atoms with Gasteiger partial charge in [-0.15, -0.1) is 0 Å². The van der Waals surface area contributed by atoms with Crippen molar-refractivity contribution in [1.82, 2.24) is 9.78 Å². The van der Waals surface area contributed by atoms with Crippen LogP contribution in [0.1, 0.15) is 32.6 Å². The van der Waals surface area contributed by atoms with Gasteiger partial charge in [0.15, 0.2) is 0 Å². The van der Waals surface area contributed by atoms with E-state index in [1.807, 2.05) is 42.9 Å². The minimum absolute atomic E-state index is 0.105. The Kier molecular flexibility index (Phi) is 4.47. The van der Waals surface area contributed by atoms with Crippen LogP contribution in [0.2, 0.25) is 0 Å². The van der Waals surface area contributed by atoms with Crippen LogP contribution in [0.4, 0.5) is 5.69 Å². The van der Waals surface area contributed by atoms with E-state index in [0.717, 1.165) is 11.1 Å². The second-order valence-electron chi connectivity index (χ2n) is 6.18. The van der Waals surface area contributed by atoms with Gasteiger partial charge >= 0.3 is 0 Å².